The molecule has 1 fully saturated rings. The molecule has 2 aliphatic rings. The zero-order valence-electron chi connectivity index (χ0n) is 17.3. The van der Waals surface area contributed by atoms with Crippen molar-refractivity contribution >= 4 is 29.9 Å². The highest BCUT2D eigenvalue weighted by Gasteiger charge is 2.15. The average Bonchev–Trinajstić information content (AvgIpc) is 2.93. The summed E-state index contributed by atoms with van der Waals surface area (Å²) in [5.74, 6) is 3.10. The van der Waals surface area contributed by atoms with E-state index in [-0.39, 0.29) is 24.0 Å². The van der Waals surface area contributed by atoms with E-state index in [0.717, 1.165) is 63.1 Å². The van der Waals surface area contributed by atoms with Gasteiger partial charge in [0.05, 0.1) is 6.10 Å². The van der Waals surface area contributed by atoms with Gasteiger partial charge in [-0.25, -0.2) is 0 Å². The fourth-order valence-corrected chi connectivity index (χ4v) is 4.00. The Morgan fingerprint density at radius 3 is 2.68 bits per heavy atom. The third-order valence-corrected chi connectivity index (χ3v) is 5.57. The number of nitrogens with one attached hydrogen (secondary N) is 2. The van der Waals surface area contributed by atoms with Crippen LogP contribution in [0.25, 0.3) is 0 Å². The lowest BCUT2D eigenvalue weighted by atomic mass is 9.98. The first kappa shape index (κ1) is 23.4. The molecule has 160 valence electrons. The molecule has 3 rings (SSSR count). The van der Waals surface area contributed by atoms with Gasteiger partial charge in [0.1, 0.15) is 11.6 Å². The number of guanidine groups is 1. The second kappa shape index (κ2) is 13.3. The summed E-state index contributed by atoms with van der Waals surface area (Å²) in [6, 6.07) is 0. The number of aromatic nitrogens is 3. The van der Waals surface area contributed by atoms with Crippen molar-refractivity contribution in [2.24, 2.45) is 4.99 Å². The third-order valence-electron chi connectivity index (χ3n) is 5.57. The van der Waals surface area contributed by atoms with Crippen molar-refractivity contribution in [3.05, 3.63) is 11.6 Å². The SMILES string of the molecule is CN=C(NCCCOC1CCCCC1)NCCc1nnc2n1CCCCC2.I. The fraction of sp³-hybridized carbons (Fsp3) is 0.850. The monoisotopic (exact) mass is 504 g/mol. The van der Waals surface area contributed by atoms with Crippen molar-refractivity contribution in [3.63, 3.8) is 0 Å². The summed E-state index contributed by atoms with van der Waals surface area (Å²) >= 11 is 0. The Labute approximate surface area is 186 Å². The van der Waals surface area contributed by atoms with Crippen LogP contribution in [-0.2, 0) is 24.1 Å². The Balaban J connectivity index is 0.00000280. The molecule has 2 heterocycles. The van der Waals surface area contributed by atoms with Crippen LogP contribution in [0.3, 0.4) is 0 Å². The lowest BCUT2D eigenvalue weighted by Gasteiger charge is -2.22. The molecule has 1 aromatic rings. The molecule has 0 aromatic carbocycles. The number of nitrogens with zero attached hydrogens (tertiary/aromatic N) is 4. The Morgan fingerprint density at radius 2 is 1.86 bits per heavy atom. The van der Waals surface area contributed by atoms with Crippen LogP contribution >= 0.6 is 24.0 Å². The van der Waals surface area contributed by atoms with Crippen LogP contribution in [0.1, 0.15) is 69.4 Å². The van der Waals surface area contributed by atoms with Gasteiger partial charge in [-0.15, -0.1) is 34.2 Å². The van der Waals surface area contributed by atoms with Gasteiger partial charge in [-0.1, -0.05) is 25.7 Å². The smallest absolute Gasteiger partial charge is 0.190 e. The summed E-state index contributed by atoms with van der Waals surface area (Å²) in [5, 5.41) is 15.5. The minimum atomic E-state index is 0. The van der Waals surface area contributed by atoms with Crippen LogP contribution in [-0.4, -0.2) is 53.6 Å². The van der Waals surface area contributed by atoms with Crippen molar-refractivity contribution in [3.8, 4) is 0 Å². The summed E-state index contributed by atoms with van der Waals surface area (Å²) in [7, 11) is 1.82. The number of hydrogen-bond donors (Lipinski definition) is 2. The lowest BCUT2D eigenvalue weighted by molar-refractivity contribution is 0.0277. The molecule has 1 saturated carbocycles. The van der Waals surface area contributed by atoms with Gasteiger partial charge in [-0.05, 0) is 32.1 Å². The maximum absolute atomic E-state index is 5.97. The fourth-order valence-electron chi connectivity index (χ4n) is 4.00. The van der Waals surface area contributed by atoms with Crippen LogP contribution in [0.2, 0.25) is 0 Å². The maximum Gasteiger partial charge on any atom is 0.190 e. The van der Waals surface area contributed by atoms with E-state index in [1.807, 2.05) is 7.05 Å². The summed E-state index contributed by atoms with van der Waals surface area (Å²) in [4.78, 5) is 4.31. The first-order chi connectivity index (χ1) is 13.4. The van der Waals surface area contributed by atoms with Gasteiger partial charge in [0, 0.05) is 46.1 Å². The standard InChI is InChI=1S/C20H36N6O.HI/c1-21-20(22-13-8-16-27-17-9-4-2-5-10-17)23-14-12-19-25-24-18-11-6-3-7-15-26(18)19;/h17H,2-16H2,1H3,(H2,21,22,23);1H. The number of fused-ring (bicyclic) bond motifs is 1. The topological polar surface area (TPSA) is 76.4 Å². The molecule has 0 atom stereocenters. The third kappa shape index (κ3) is 7.50. The average molecular weight is 504 g/mol. The quantitative estimate of drug-likeness (QED) is 0.246. The van der Waals surface area contributed by atoms with E-state index < -0.39 is 0 Å². The van der Waals surface area contributed by atoms with Crippen LogP contribution in [0.5, 0.6) is 0 Å². The zero-order valence-corrected chi connectivity index (χ0v) is 19.6. The van der Waals surface area contributed by atoms with Gasteiger partial charge >= 0.3 is 0 Å². The Morgan fingerprint density at radius 1 is 1.07 bits per heavy atom. The molecule has 7 nitrogen and oxygen atoms in total. The number of hydrogen-bond acceptors (Lipinski definition) is 4. The second-order valence-electron chi connectivity index (χ2n) is 7.65. The van der Waals surface area contributed by atoms with Gasteiger partial charge in [-0.2, -0.15) is 0 Å². The van der Waals surface area contributed by atoms with Crippen LogP contribution in [0.15, 0.2) is 4.99 Å². The van der Waals surface area contributed by atoms with Crippen molar-refractivity contribution in [2.45, 2.75) is 83.3 Å². The number of aliphatic imine (C=N–C) groups is 1. The van der Waals surface area contributed by atoms with E-state index in [2.05, 4.69) is 30.4 Å². The number of aryl methyl sites for hydroxylation is 1. The predicted octanol–water partition coefficient (Wildman–Crippen LogP) is 3.07. The summed E-state index contributed by atoms with van der Waals surface area (Å²) in [6.45, 7) is 3.59. The van der Waals surface area contributed by atoms with Gasteiger partial charge in [0.15, 0.2) is 5.96 Å². The number of rotatable bonds is 8. The molecule has 0 amide bonds. The Hall–Kier alpha value is -0.900. The van der Waals surface area contributed by atoms with E-state index in [4.69, 9.17) is 4.74 Å². The summed E-state index contributed by atoms with van der Waals surface area (Å²) < 4.78 is 8.29. The summed E-state index contributed by atoms with van der Waals surface area (Å²) in [5.41, 5.74) is 0. The van der Waals surface area contributed by atoms with Crippen LogP contribution in [0, 0.1) is 0 Å². The lowest BCUT2D eigenvalue weighted by Crippen LogP contribution is -2.39. The molecule has 0 saturated heterocycles. The molecular weight excluding hydrogens is 467 g/mol. The van der Waals surface area contributed by atoms with Crippen LogP contribution in [0.4, 0.5) is 0 Å². The molecule has 0 bridgehead atoms. The Bertz CT molecular complexity index is 585. The molecule has 0 unspecified atom stereocenters. The molecule has 1 aliphatic carbocycles. The molecule has 0 radical (unpaired) electrons. The minimum Gasteiger partial charge on any atom is -0.378 e. The molecule has 0 spiro atoms. The molecule has 2 N–H and O–H groups in total. The van der Waals surface area contributed by atoms with Crippen molar-refractivity contribution in [2.75, 3.05) is 26.7 Å². The molecule has 28 heavy (non-hydrogen) atoms. The minimum absolute atomic E-state index is 0. The molecule has 1 aromatic heterocycles. The van der Waals surface area contributed by atoms with Crippen molar-refractivity contribution < 1.29 is 4.74 Å². The number of ether oxygens (including phenoxy) is 1. The molecule has 8 heteroatoms. The van der Waals surface area contributed by atoms with E-state index in [1.54, 1.807) is 0 Å². The van der Waals surface area contributed by atoms with Crippen molar-refractivity contribution in [1.82, 2.24) is 25.4 Å². The van der Waals surface area contributed by atoms with Crippen molar-refractivity contribution in [1.29, 1.82) is 0 Å². The maximum atomic E-state index is 5.97. The van der Waals surface area contributed by atoms with E-state index in [0.29, 0.717) is 6.10 Å². The van der Waals surface area contributed by atoms with Gasteiger partial charge < -0.3 is 19.9 Å². The summed E-state index contributed by atoms with van der Waals surface area (Å²) in [6.07, 6.45) is 13.7. The normalized spacial score (nSPS) is 18.1. The Kier molecular flexibility index (Phi) is 11.1. The van der Waals surface area contributed by atoms with E-state index in [9.17, 15) is 0 Å². The van der Waals surface area contributed by atoms with Gasteiger partial charge in [0.2, 0.25) is 0 Å². The predicted molar refractivity (Wildman–Crippen MR) is 124 cm³/mol. The first-order valence-electron chi connectivity index (χ1n) is 10.8. The zero-order chi connectivity index (χ0) is 18.7. The second-order valence-corrected chi connectivity index (χ2v) is 7.65. The highest BCUT2D eigenvalue weighted by molar-refractivity contribution is 14.0. The highest BCUT2D eigenvalue weighted by Crippen LogP contribution is 2.20. The van der Waals surface area contributed by atoms with Crippen LogP contribution < -0.4 is 10.6 Å². The molecule has 1 aliphatic heterocycles. The van der Waals surface area contributed by atoms with E-state index in [1.165, 1.54) is 51.4 Å². The van der Waals surface area contributed by atoms with E-state index >= 15 is 0 Å². The highest BCUT2D eigenvalue weighted by atomic mass is 127. The largest absolute Gasteiger partial charge is 0.378 e. The van der Waals surface area contributed by atoms with Gasteiger partial charge in [-0.3, -0.25) is 4.99 Å². The first-order valence-corrected chi connectivity index (χ1v) is 10.8. The van der Waals surface area contributed by atoms with Gasteiger partial charge in [0.25, 0.3) is 0 Å². The molecular formula is C20H37IN6O. The number of halogens is 1.